The molecule has 1 aliphatic carbocycles. The van der Waals surface area contributed by atoms with Crippen LogP contribution in [-0.2, 0) is 0 Å². The third-order valence-electron chi connectivity index (χ3n) is 3.94. The molecule has 0 spiro atoms. The summed E-state index contributed by atoms with van der Waals surface area (Å²) in [7, 11) is 0. The van der Waals surface area contributed by atoms with Crippen molar-refractivity contribution < 1.29 is 0 Å². The van der Waals surface area contributed by atoms with Gasteiger partial charge in [0.05, 0.1) is 0 Å². The van der Waals surface area contributed by atoms with Gasteiger partial charge in [0.2, 0.25) is 0 Å². The van der Waals surface area contributed by atoms with Gasteiger partial charge in [0.25, 0.3) is 0 Å². The van der Waals surface area contributed by atoms with Gasteiger partial charge < -0.3 is 5.32 Å². The van der Waals surface area contributed by atoms with E-state index in [1.54, 1.807) is 0 Å². The molecule has 0 unspecified atom stereocenters. The molecule has 1 N–H and O–H groups in total. The zero-order chi connectivity index (χ0) is 13.2. The van der Waals surface area contributed by atoms with Gasteiger partial charge in [-0.05, 0) is 54.8 Å². The Hall–Kier alpha value is -0.830. The number of benzene rings is 1. The normalized spacial score (nSPS) is 23.9. The maximum Gasteiger partial charge on any atom is 0.0406 e. The summed E-state index contributed by atoms with van der Waals surface area (Å²) >= 11 is 7.75. The molecule has 1 nitrogen and oxygen atoms in total. The first-order chi connectivity index (χ1) is 9.22. The number of thiophene rings is 1. The molecule has 1 aromatic carbocycles. The van der Waals surface area contributed by atoms with Gasteiger partial charge in [-0.1, -0.05) is 29.8 Å². The maximum atomic E-state index is 5.92. The highest BCUT2D eigenvalue weighted by Gasteiger charge is 2.31. The summed E-state index contributed by atoms with van der Waals surface area (Å²) in [6, 6.07) is 13.7. The average Bonchev–Trinajstić information content (AvgIpc) is 2.88. The quantitative estimate of drug-likeness (QED) is 0.836. The molecule has 0 radical (unpaired) electrons. The summed E-state index contributed by atoms with van der Waals surface area (Å²) < 4.78 is 0. The van der Waals surface area contributed by atoms with Crippen molar-refractivity contribution in [2.24, 2.45) is 0 Å². The second kappa shape index (κ2) is 5.66. The van der Waals surface area contributed by atoms with Gasteiger partial charge in [0.1, 0.15) is 0 Å². The molecule has 1 fully saturated rings. The molecule has 100 valence electrons. The van der Waals surface area contributed by atoms with Crippen LogP contribution in [0.1, 0.15) is 42.2 Å². The van der Waals surface area contributed by atoms with Gasteiger partial charge in [0, 0.05) is 22.0 Å². The van der Waals surface area contributed by atoms with Gasteiger partial charge in [-0.15, -0.1) is 11.3 Å². The second-order valence-corrected chi connectivity index (χ2v) is 6.74. The zero-order valence-electron chi connectivity index (χ0n) is 11.0. The molecule has 0 aliphatic heterocycles. The monoisotopic (exact) mass is 291 g/mol. The van der Waals surface area contributed by atoms with Crippen LogP contribution in [0.25, 0.3) is 0 Å². The molecule has 0 bridgehead atoms. The smallest absolute Gasteiger partial charge is 0.0406 e. The minimum absolute atomic E-state index is 0.469. The summed E-state index contributed by atoms with van der Waals surface area (Å²) in [5.74, 6) is 0.699. The summed E-state index contributed by atoms with van der Waals surface area (Å²) in [5.41, 5.74) is 1.42. The Labute approximate surface area is 123 Å². The van der Waals surface area contributed by atoms with E-state index in [2.05, 4.69) is 41.9 Å². The van der Waals surface area contributed by atoms with Gasteiger partial charge in [-0.3, -0.25) is 0 Å². The van der Waals surface area contributed by atoms with Crippen LogP contribution in [0, 0.1) is 0 Å². The highest BCUT2D eigenvalue weighted by molar-refractivity contribution is 7.10. The lowest BCUT2D eigenvalue weighted by atomic mass is 9.75. The average molecular weight is 292 g/mol. The predicted molar refractivity (Wildman–Crippen MR) is 83.1 cm³/mol. The van der Waals surface area contributed by atoms with Crippen molar-refractivity contribution in [2.45, 2.75) is 37.8 Å². The third-order valence-corrected chi connectivity index (χ3v) is 5.24. The van der Waals surface area contributed by atoms with E-state index in [-0.39, 0.29) is 0 Å². The highest BCUT2D eigenvalue weighted by atomic mass is 35.5. The molecule has 2 aromatic rings. The lowest BCUT2D eigenvalue weighted by Crippen LogP contribution is -2.41. The van der Waals surface area contributed by atoms with Crippen molar-refractivity contribution in [1.29, 1.82) is 0 Å². The van der Waals surface area contributed by atoms with Gasteiger partial charge in [0.15, 0.2) is 0 Å². The van der Waals surface area contributed by atoms with E-state index >= 15 is 0 Å². The van der Waals surface area contributed by atoms with Gasteiger partial charge >= 0.3 is 0 Å². The first-order valence-corrected chi connectivity index (χ1v) is 8.03. The van der Waals surface area contributed by atoms with Crippen molar-refractivity contribution in [3.05, 3.63) is 57.2 Å². The molecule has 0 amide bonds. The van der Waals surface area contributed by atoms with Crippen LogP contribution >= 0.6 is 22.9 Å². The summed E-state index contributed by atoms with van der Waals surface area (Å²) in [4.78, 5) is 1.43. The van der Waals surface area contributed by atoms with E-state index in [9.17, 15) is 0 Å². The number of halogens is 1. The molecule has 1 aromatic heterocycles. The fourth-order valence-electron chi connectivity index (χ4n) is 2.73. The Morgan fingerprint density at radius 1 is 1.21 bits per heavy atom. The van der Waals surface area contributed by atoms with E-state index in [0.717, 1.165) is 5.02 Å². The van der Waals surface area contributed by atoms with Crippen LogP contribution in [0.5, 0.6) is 0 Å². The fourth-order valence-corrected chi connectivity index (χ4v) is 3.60. The minimum atomic E-state index is 0.469. The van der Waals surface area contributed by atoms with Gasteiger partial charge in [-0.25, -0.2) is 0 Å². The molecule has 19 heavy (non-hydrogen) atoms. The lowest BCUT2D eigenvalue weighted by Gasteiger charge is -2.38. The Kier molecular flexibility index (Phi) is 3.92. The van der Waals surface area contributed by atoms with Crippen LogP contribution in [0.2, 0.25) is 5.02 Å². The number of nitrogens with one attached hydrogen (secondary N) is 1. The summed E-state index contributed by atoms with van der Waals surface area (Å²) in [6.07, 6.45) is 2.47. The minimum Gasteiger partial charge on any atom is -0.307 e. The number of hydrogen-bond donors (Lipinski definition) is 1. The molecule has 1 saturated carbocycles. The lowest BCUT2D eigenvalue weighted by molar-refractivity contribution is 0.272. The first kappa shape index (κ1) is 13.2. The predicted octanol–water partition coefficient (Wildman–Crippen LogP) is 5.00. The van der Waals surface area contributed by atoms with E-state index in [1.807, 2.05) is 23.5 Å². The van der Waals surface area contributed by atoms with Crippen LogP contribution < -0.4 is 5.32 Å². The molecule has 3 heteroatoms. The maximum absolute atomic E-state index is 5.92. The zero-order valence-corrected chi connectivity index (χ0v) is 12.5. The van der Waals surface area contributed by atoms with Gasteiger partial charge in [-0.2, -0.15) is 0 Å². The molecule has 0 saturated heterocycles. The topological polar surface area (TPSA) is 12.0 Å². The van der Waals surface area contributed by atoms with E-state index in [1.165, 1.54) is 23.3 Å². The van der Waals surface area contributed by atoms with Crippen LogP contribution in [-0.4, -0.2) is 6.04 Å². The Bertz CT molecular complexity index is 514. The summed E-state index contributed by atoms with van der Waals surface area (Å²) in [5, 5.41) is 6.68. The number of rotatable bonds is 4. The van der Waals surface area contributed by atoms with E-state index < -0.39 is 0 Å². The molecule has 1 aliphatic rings. The molecular formula is C16H18ClNS. The Morgan fingerprint density at radius 3 is 2.58 bits per heavy atom. The van der Waals surface area contributed by atoms with Crippen molar-refractivity contribution in [2.75, 3.05) is 0 Å². The third kappa shape index (κ3) is 3.02. The number of hydrogen-bond acceptors (Lipinski definition) is 2. The standard InChI is InChI=1S/C16H18ClNS/c1-11(16-3-2-8-19-16)18-15-9-13(10-15)12-4-6-14(17)7-5-12/h2-8,11,13,15,18H,9-10H2,1H3/t11-,13?,15?/m1/s1. The molecule has 1 atom stereocenters. The first-order valence-electron chi connectivity index (χ1n) is 6.77. The largest absolute Gasteiger partial charge is 0.307 e. The van der Waals surface area contributed by atoms with Crippen molar-refractivity contribution in [1.82, 2.24) is 5.32 Å². The van der Waals surface area contributed by atoms with Crippen molar-refractivity contribution >= 4 is 22.9 Å². The molecule has 1 heterocycles. The fraction of sp³-hybridized carbons (Fsp3) is 0.375. The van der Waals surface area contributed by atoms with Crippen LogP contribution in [0.3, 0.4) is 0 Å². The SMILES string of the molecule is C[C@@H](NC1CC(c2ccc(Cl)cc2)C1)c1cccs1. The van der Waals surface area contributed by atoms with E-state index in [4.69, 9.17) is 11.6 Å². The Morgan fingerprint density at radius 2 is 1.95 bits per heavy atom. The van der Waals surface area contributed by atoms with Crippen molar-refractivity contribution in [3.8, 4) is 0 Å². The molecule has 3 rings (SSSR count). The van der Waals surface area contributed by atoms with Crippen molar-refractivity contribution in [3.63, 3.8) is 0 Å². The summed E-state index contributed by atoms with van der Waals surface area (Å²) in [6.45, 7) is 2.25. The van der Waals surface area contributed by atoms with Crippen LogP contribution in [0.4, 0.5) is 0 Å². The Balaban J connectivity index is 1.51. The molecular weight excluding hydrogens is 274 g/mol. The second-order valence-electron chi connectivity index (χ2n) is 5.32. The van der Waals surface area contributed by atoms with E-state index in [0.29, 0.717) is 18.0 Å². The highest BCUT2D eigenvalue weighted by Crippen LogP contribution is 2.38. The van der Waals surface area contributed by atoms with Crippen LogP contribution in [0.15, 0.2) is 41.8 Å².